The average Bonchev–Trinajstić information content (AvgIpc) is 2.94. The fourth-order valence-electron chi connectivity index (χ4n) is 2.60. The zero-order valence-corrected chi connectivity index (χ0v) is 12.6. The quantitative estimate of drug-likeness (QED) is 0.805. The normalized spacial score (nSPS) is 15.0. The highest BCUT2D eigenvalue weighted by Crippen LogP contribution is 2.35. The summed E-state index contributed by atoms with van der Waals surface area (Å²) in [6.07, 6.45) is 5.55. The van der Waals surface area contributed by atoms with Crippen molar-refractivity contribution in [3.63, 3.8) is 0 Å². The van der Waals surface area contributed by atoms with Crippen molar-refractivity contribution < 1.29 is 4.79 Å². The Morgan fingerprint density at radius 2 is 2.09 bits per heavy atom. The number of hydrogen-bond donors (Lipinski definition) is 1. The molecule has 0 unspecified atom stereocenters. The number of pyridine rings is 1. The molecule has 3 aromatic rings. The van der Waals surface area contributed by atoms with Crippen LogP contribution < -0.4 is 10.6 Å². The molecule has 1 aliphatic rings. The fraction of sp³-hybridized carbons (Fsp3) is 0.188. The van der Waals surface area contributed by atoms with E-state index in [2.05, 4.69) is 33.1 Å². The van der Waals surface area contributed by atoms with Crippen molar-refractivity contribution in [3.05, 3.63) is 42.9 Å². The van der Waals surface area contributed by atoms with Gasteiger partial charge in [0.25, 0.3) is 0 Å². The number of fused-ring (bicyclic) bond motifs is 1. The summed E-state index contributed by atoms with van der Waals surface area (Å²) in [6, 6.07) is 8.32. The molecule has 1 amide bonds. The SMILES string of the molecule is NC(=O)C1CN(c2ncc(-c3ccc4cnccc4c3)s2)C1. The first kappa shape index (κ1) is 13.2. The first-order valence-corrected chi connectivity index (χ1v) is 7.86. The number of carbonyl (C=O) groups excluding carboxylic acids is 1. The maximum absolute atomic E-state index is 11.1. The monoisotopic (exact) mass is 310 g/mol. The molecule has 0 bridgehead atoms. The molecule has 22 heavy (non-hydrogen) atoms. The lowest BCUT2D eigenvalue weighted by atomic mass is 10.0. The minimum atomic E-state index is -0.226. The molecular weight excluding hydrogens is 296 g/mol. The molecule has 4 rings (SSSR count). The summed E-state index contributed by atoms with van der Waals surface area (Å²) in [4.78, 5) is 22.9. The lowest BCUT2D eigenvalue weighted by Crippen LogP contribution is -2.52. The fourth-order valence-corrected chi connectivity index (χ4v) is 3.53. The number of nitrogens with two attached hydrogens (primary N) is 1. The maximum atomic E-state index is 11.1. The molecule has 1 saturated heterocycles. The summed E-state index contributed by atoms with van der Waals surface area (Å²) in [5.74, 6) is -0.267. The molecule has 1 fully saturated rings. The highest BCUT2D eigenvalue weighted by Gasteiger charge is 2.32. The van der Waals surface area contributed by atoms with E-state index in [1.165, 1.54) is 5.39 Å². The third-order valence-corrected chi connectivity index (χ3v) is 5.08. The van der Waals surface area contributed by atoms with E-state index in [1.54, 1.807) is 17.5 Å². The maximum Gasteiger partial charge on any atom is 0.224 e. The molecule has 0 spiro atoms. The van der Waals surface area contributed by atoms with Crippen LogP contribution >= 0.6 is 11.3 Å². The summed E-state index contributed by atoms with van der Waals surface area (Å²) in [6.45, 7) is 1.34. The largest absolute Gasteiger partial charge is 0.369 e. The van der Waals surface area contributed by atoms with Gasteiger partial charge in [0.15, 0.2) is 5.13 Å². The van der Waals surface area contributed by atoms with Crippen molar-refractivity contribution in [1.82, 2.24) is 9.97 Å². The van der Waals surface area contributed by atoms with Crippen LogP contribution in [0.3, 0.4) is 0 Å². The number of carbonyl (C=O) groups is 1. The zero-order chi connectivity index (χ0) is 15.1. The molecule has 0 aliphatic carbocycles. The van der Waals surface area contributed by atoms with Crippen LogP contribution in [0, 0.1) is 5.92 Å². The van der Waals surface area contributed by atoms with Gasteiger partial charge >= 0.3 is 0 Å². The second-order valence-electron chi connectivity index (χ2n) is 5.45. The van der Waals surface area contributed by atoms with Crippen LogP contribution in [-0.2, 0) is 4.79 Å². The number of anilines is 1. The van der Waals surface area contributed by atoms with Gasteiger partial charge in [0, 0.05) is 37.1 Å². The Bertz CT molecular complexity index is 854. The van der Waals surface area contributed by atoms with Gasteiger partial charge in [-0.15, -0.1) is 0 Å². The van der Waals surface area contributed by atoms with E-state index >= 15 is 0 Å². The number of rotatable bonds is 3. The predicted molar refractivity (Wildman–Crippen MR) is 87.7 cm³/mol. The Kier molecular flexibility index (Phi) is 3.04. The van der Waals surface area contributed by atoms with E-state index in [4.69, 9.17) is 5.73 Å². The first-order chi connectivity index (χ1) is 10.7. The van der Waals surface area contributed by atoms with E-state index in [0.717, 1.165) is 21.0 Å². The van der Waals surface area contributed by atoms with Crippen LogP contribution in [0.2, 0.25) is 0 Å². The molecule has 0 saturated carbocycles. The van der Waals surface area contributed by atoms with Crippen molar-refractivity contribution >= 4 is 33.1 Å². The number of aromatic nitrogens is 2. The lowest BCUT2D eigenvalue weighted by molar-refractivity contribution is -0.122. The zero-order valence-electron chi connectivity index (χ0n) is 11.8. The van der Waals surface area contributed by atoms with Gasteiger partial charge in [0.1, 0.15) is 0 Å². The second-order valence-corrected chi connectivity index (χ2v) is 6.46. The molecule has 1 aliphatic heterocycles. The summed E-state index contributed by atoms with van der Waals surface area (Å²) < 4.78 is 0. The molecule has 110 valence electrons. The number of hydrogen-bond acceptors (Lipinski definition) is 5. The van der Waals surface area contributed by atoms with Crippen molar-refractivity contribution in [3.8, 4) is 10.4 Å². The Hall–Kier alpha value is -2.47. The minimum absolute atomic E-state index is 0.0412. The van der Waals surface area contributed by atoms with Crippen LogP contribution in [-0.4, -0.2) is 29.0 Å². The van der Waals surface area contributed by atoms with E-state index in [9.17, 15) is 4.79 Å². The van der Waals surface area contributed by atoms with Gasteiger partial charge in [0.2, 0.25) is 5.91 Å². The molecular formula is C16H14N4OS. The van der Waals surface area contributed by atoms with E-state index < -0.39 is 0 Å². The Morgan fingerprint density at radius 3 is 2.91 bits per heavy atom. The molecule has 6 heteroatoms. The van der Waals surface area contributed by atoms with E-state index in [0.29, 0.717) is 13.1 Å². The summed E-state index contributed by atoms with van der Waals surface area (Å²) in [5, 5.41) is 3.24. The summed E-state index contributed by atoms with van der Waals surface area (Å²) in [5.41, 5.74) is 6.45. The van der Waals surface area contributed by atoms with Gasteiger partial charge in [-0.25, -0.2) is 4.98 Å². The number of thiazole rings is 1. The second kappa shape index (κ2) is 5.06. The van der Waals surface area contributed by atoms with Crippen molar-refractivity contribution in [2.24, 2.45) is 11.7 Å². The highest BCUT2D eigenvalue weighted by atomic mass is 32.1. The molecule has 2 N–H and O–H groups in total. The third-order valence-electron chi connectivity index (χ3n) is 3.97. The van der Waals surface area contributed by atoms with Crippen LogP contribution in [0.4, 0.5) is 5.13 Å². The van der Waals surface area contributed by atoms with Crippen LogP contribution in [0.15, 0.2) is 42.9 Å². The van der Waals surface area contributed by atoms with Gasteiger partial charge in [-0.2, -0.15) is 0 Å². The van der Waals surface area contributed by atoms with E-state index in [1.807, 2.05) is 18.5 Å². The Balaban J connectivity index is 1.59. The Morgan fingerprint density at radius 1 is 1.23 bits per heavy atom. The van der Waals surface area contributed by atoms with Crippen molar-refractivity contribution in [2.75, 3.05) is 18.0 Å². The molecule has 1 aromatic carbocycles. The van der Waals surface area contributed by atoms with Crippen LogP contribution in [0.25, 0.3) is 21.2 Å². The number of amides is 1. The molecule has 0 radical (unpaired) electrons. The van der Waals surface area contributed by atoms with Gasteiger partial charge in [-0.3, -0.25) is 9.78 Å². The summed E-state index contributed by atoms with van der Waals surface area (Å²) >= 11 is 1.64. The minimum Gasteiger partial charge on any atom is -0.369 e. The van der Waals surface area contributed by atoms with Gasteiger partial charge in [0.05, 0.1) is 10.8 Å². The first-order valence-electron chi connectivity index (χ1n) is 7.05. The predicted octanol–water partition coefficient (Wildman–Crippen LogP) is 2.28. The molecule has 5 nitrogen and oxygen atoms in total. The average molecular weight is 310 g/mol. The topological polar surface area (TPSA) is 72.1 Å². The van der Waals surface area contributed by atoms with Crippen molar-refractivity contribution in [1.29, 1.82) is 0 Å². The molecule has 3 heterocycles. The molecule has 2 aromatic heterocycles. The Labute approximate surface area is 131 Å². The number of nitrogens with zero attached hydrogens (tertiary/aromatic N) is 3. The smallest absolute Gasteiger partial charge is 0.224 e. The van der Waals surface area contributed by atoms with Crippen molar-refractivity contribution in [2.45, 2.75) is 0 Å². The van der Waals surface area contributed by atoms with E-state index in [-0.39, 0.29) is 11.8 Å². The number of primary amides is 1. The highest BCUT2D eigenvalue weighted by molar-refractivity contribution is 7.18. The van der Waals surface area contributed by atoms with Gasteiger partial charge < -0.3 is 10.6 Å². The molecule has 0 atom stereocenters. The summed E-state index contributed by atoms with van der Waals surface area (Å²) in [7, 11) is 0. The van der Waals surface area contributed by atoms with Crippen LogP contribution in [0.5, 0.6) is 0 Å². The number of benzene rings is 1. The lowest BCUT2D eigenvalue weighted by Gasteiger charge is -2.36. The van der Waals surface area contributed by atoms with Crippen LogP contribution in [0.1, 0.15) is 0 Å². The standard InChI is InChI=1S/C16H14N4OS/c17-15(21)13-8-20(9-13)16-19-7-14(22-16)11-1-2-12-6-18-4-3-10(12)5-11/h1-7,13H,8-9H2,(H2,17,21). The van der Waals surface area contributed by atoms with Gasteiger partial charge in [-0.1, -0.05) is 23.5 Å². The van der Waals surface area contributed by atoms with Gasteiger partial charge in [-0.05, 0) is 23.1 Å². The third kappa shape index (κ3) is 2.21.